The van der Waals surface area contributed by atoms with Crippen LogP contribution in [0.5, 0.6) is 0 Å². The highest BCUT2D eigenvalue weighted by Gasteiger charge is 2.40. The second kappa shape index (κ2) is 5.25. The Labute approximate surface area is 127 Å². The molecule has 0 aliphatic carbocycles. The summed E-state index contributed by atoms with van der Waals surface area (Å²) in [5, 5.41) is 3.86. The highest BCUT2D eigenvalue weighted by atomic mass is 79.9. The Hall–Kier alpha value is -1.13. The number of amides is 1. The molecule has 1 aliphatic heterocycles. The van der Waals surface area contributed by atoms with Crippen LogP contribution < -0.4 is 10.0 Å². The lowest BCUT2D eigenvalue weighted by Crippen LogP contribution is -2.32. The van der Waals surface area contributed by atoms with E-state index in [9.17, 15) is 26.4 Å². The summed E-state index contributed by atoms with van der Waals surface area (Å²) >= 11 is 2.83. The summed E-state index contributed by atoms with van der Waals surface area (Å²) in [5.74, 6) is -0.589. The topological polar surface area (TPSA) is 80.5 Å². The SMILES string of the molecule is NS(=O)(=O)C1CC(=O)N(c2cccc(C(F)(F)F)c2Br)C1. The maximum atomic E-state index is 12.8. The number of hydrogen-bond acceptors (Lipinski definition) is 3. The lowest BCUT2D eigenvalue weighted by atomic mass is 10.2. The summed E-state index contributed by atoms with van der Waals surface area (Å²) < 4.78 is 60.7. The Bertz CT molecular complexity index is 690. The molecule has 1 fully saturated rings. The van der Waals surface area contributed by atoms with Gasteiger partial charge in [-0.3, -0.25) is 4.79 Å². The molecule has 1 aromatic rings. The average molecular weight is 387 g/mol. The van der Waals surface area contributed by atoms with Gasteiger partial charge in [-0.15, -0.1) is 0 Å². The Morgan fingerprint density at radius 2 is 1.95 bits per heavy atom. The molecule has 1 saturated heterocycles. The molecule has 1 atom stereocenters. The fourth-order valence-corrected chi connectivity index (χ4v) is 3.51. The lowest BCUT2D eigenvalue weighted by molar-refractivity contribution is -0.138. The predicted octanol–water partition coefficient (Wildman–Crippen LogP) is 1.86. The highest BCUT2D eigenvalue weighted by molar-refractivity contribution is 9.10. The largest absolute Gasteiger partial charge is 0.417 e. The maximum absolute atomic E-state index is 12.8. The van der Waals surface area contributed by atoms with Crippen molar-refractivity contribution >= 4 is 37.5 Å². The van der Waals surface area contributed by atoms with E-state index in [1.54, 1.807) is 0 Å². The number of nitrogens with two attached hydrogens (primary N) is 1. The number of hydrogen-bond donors (Lipinski definition) is 1. The van der Waals surface area contributed by atoms with Crippen molar-refractivity contribution in [2.24, 2.45) is 5.14 Å². The first-order valence-electron chi connectivity index (χ1n) is 5.69. The van der Waals surface area contributed by atoms with Gasteiger partial charge >= 0.3 is 6.18 Å². The van der Waals surface area contributed by atoms with Crippen molar-refractivity contribution in [1.82, 2.24) is 0 Å². The van der Waals surface area contributed by atoms with E-state index in [-0.39, 0.29) is 23.1 Å². The minimum atomic E-state index is -4.59. The zero-order chi connectivity index (χ0) is 16.0. The number of primary sulfonamides is 1. The molecule has 1 aromatic carbocycles. The maximum Gasteiger partial charge on any atom is 0.417 e. The van der Waals surface area contributed by atoms with Crippen molar-refractivity contribution in [1.29, 1.82) is 0 Å². The highest BCUT2D eigenvalue weighted by Crippen LogP contribution is 2.40. The third kappa shape index (κ3) is 3.22. The van der Waals surface area contributed by atoms with Gasteiger partial charge in [-0.05, 0) is 28.1 Å². The van der Waals surface area contributed by atoms with E-state index in [1.165, 1.54) is 6.07 Å². The van der Waals surface area contributed by atoms with Crippen LogP contribution in [-0.4, -0.2) is 26.1 Å². The standard InChI is InChI=1S/C11H10BrF3N2O3S/c12-10-7(11(13,14)15)2-1-3-8(10)17-5-6(4-9(17)18)21(16,19)20/h1-3,6H,4-5H2,(H2,16,19,20). The molecule has 1 heterocycles. The van der Waals surface area contributed by atoms with Gasteiger partial charge in [0.05, 0.1) is 15.7 Å². The van der Waals surface area contributed by atoms with Gasteiger partial charge in [-0.2, -0.15) is 13.2 Å². The summed E-state index contributed by atoms with van der Waals surface area (Å²) in [4.78, 5) is 12.8. The number of alkyl halides is 3. The number of rotatable bonds is 2. The molecule has 10 heteroatoms. The van der Waals surface area contributed by atoms with E-state index in [4.69, 9.17) is 5.14 Å². The summed E-state index contributed by atoms with van der Waals surface area (Å²) in [5.41, 5.74) is -0.965. The second-order valence-electron chi connectivity index (χ2n) is 4.56. The number of carbonyl (C=O) groups is 1. The number of nitrogens with zero attached hydrogens (tertiary/aromatic N) is 1. The molecule has 0 bridgehead atoms. The molecule has 2 rings (SSSR count). The molecule has 21 heavy (non-hydrogen) atoms. The predicted molar refractivity (Wildman–Crippen MR) is 73.0 cm³/mol. The first-order valence-corrected chi connectivity index (χ1v) is 8.09. The van der Waals surface area contributed by atoms with Gasteiger partial charge in [0.1, 0.15) is 5.25 Å². The first kappa shape index (κ1) is 16.2. The minimum absolute atomic E-state index is 0.0269. The van der Waals surface area contributed by atoms with Crippen LogP contribution in [0.4, 0.5) is 18.9 Å². The Morgan fingerprint density at radius 1 is 1.33 bits per heavy atom. The summed E-state index contributed by atoms with van der Waals surface area (Å²) in [7, 11) is -3.93. The van der Waals surface area contributed by atoms with Crippen LogP contribution in [0, 0.1) is 0 Å². The molecule has 1 aliphatic rings. The van der Waals surface area contributed by atoms with E-state index in [2.05, 4.69) is 15.9 Å². The van der Waals surface area contributed by atoms with Crippen LogP contribution in [0.15, 0.2) is 22.7 Å². The van der Waals surface area contributed by atoms with Crippen molar-refractivity contribution in [3.8, 4) is 0 Å². The summed E-state index contributed by atoms with van der Waals surface area (Å²) in [6, 6.07) is 3.33. The van der Waals surface area contributed by atoms with E-state index in [0.29, 0.717) is 0 Å². The number of carbonyl (C=O) groups excluding carboxylic acids is 1. The molecule has 0 spiro atoms. The Morgan fingerprint density at radius 3 is 2.43 bits per heavy atom. The second-order valence-corrected chi connectivity index (χ2v) is 7.19. The van der Waals surface area contributed by atoms with Gasteiger partial charge in [0.2, 0.25) is 15.9 Å². The van der Waals surface area contributed by atoms with Gasteiger partial charge in [-0.25, -0.2) is 13.6 Å². The third-order valence-electron chi connectivity index (χ3n) is 3.13. The average Bonchev–Trinajstić information content (AvgIpc) is 2.70. The number of benzene rings is 1. The van der Waals surface area contributed by atoms with Crippen molar-refractivity contribution in [2.75, 3.05) is 11.4 Å². The first-order chi connectivity index (χ1) is 9.51. The molecule has 0 saturated carbocycles. The fraction of sp³-hybridized carbons (Fsp3) is 0.364. The van der Waals surface area contributed by atoms with Gasteiger partial charge in [-0.1, -0.05) is 6.07 Å². The fourth-order valence-electron chi connectivity index (χ4n) is 2.07. The molecular formula is C11H10BrF3N2O3S. The van der Waals surface area contributed by atoms with Crippen molar-refractivity contribution in [3.05, 3.63) is 28.2 Å². The van der Waals surface area contributed by atoms with Crippen LogP contribution in [0.25, 0.3) is 0 Å². The zero-order valence-electron chi connectivity index (χ0n) is 10.4. The number of halogens is 4. The van der Waals surface area contributed by atoms with Gasteiger partial charge < -0.3 is 4.90 Å². The Kier molecular flexibility index (Phi) is 4.06. The molecular weight excluding hydrogens is 377 g/mol. The van der Waals surface area contributed by atoms with Crippen LogP contribution in [0.1, 0.15) is 12.0 Å². The van der Waals surface area contributed by atoms with Gasteiger partial charge in [0.25, 0.3) is 0 Å². The van der Waals surface area contributed by atoms with Crippen LogP contribution in [-0.2, 0) is 21.0 Å². The van der Waals surface area contributed by atoms with E-state index in [1.807, 2.05) is 0 Å². The Balaban J connectivity index is 2.42. The zero-order valence-corrected chi connectivity index (χ0v) is 12.8. The van der Waals surface area contributed by atoms with Crippen LogP contribution in [0.2, 0.25) is 0 Å². The van der Waals surface area contributed by atoms with Gasteiger partial charge in [0.15, 0.2) is 0 Å². The molecule has 1 amide bonds. The van der Waals surface area contributed by atoms with Crippen molar-refractivity contribution in [3.63, 3.8) is 0 Å². The van der Waals surface area contributed by atoms with Crippen molar-refractivity contribution in [2.45, 2.75) is 17.8 Å². The normalized spacial score (nSPS) is 20.1. The molecule has 116 valence electrons. The van der Waals surface area contributed by atoms with E-state index < -0.39 is 32.9 Å². The summed E-state index contributed by atoms with van der Waals surface area (Å²) in [6.45, 7) is -0.266. The molecule has 5 nitrogen and oxygen atoms in total. The number of sulfonamides is 1. The van der Waals surface area contributed by atoms with Crippen LogP contribution in [0.3, 0.4) is 0 Å². The van der Waals surface area contributed by atoms with Gasteiger partial charge in [0, 0.05) is 13.0 Å². The van der Waals surface area contributed by atoms with E-state index in [0.717, 1.165) is 17.0 Å². The molecule has 1 unspecified atom stereocenters. The monoisotopic (exact) mass is 386 g/mol. The number of anilines is 1. The molecule has 0 radical (unpaired) electrons. The molecule has 0 aromatic heterocycles. The molecule has 2 N–H and O–H groups in total. The quantitative estimate of drug-likeness (QED) is 0.842. The van der Waals surface area contributed by atoms with Crippen LogP contribution >= 0.6 is 15.9 Å². The van der Waals surface area contributed by atoms with E-state index >= 15 is 0 Å². The van der Waals surface area contributed by atoms with Crippen molar-refractivity contribution < 1.29 is 26.4 Å². The smallest absolute Gasteiger partial charge is 0.310 e. The lowest BCUT2D eigenvalue weighted by Gasteiger charge is -2.20. The minimum Gasteiger partial charge on any atom is -0.310 e. The third-order valence-corrected chi connectivity index (χ3v) is 5.21. The summed E-state index contributed by atoms with van der Waals surface area (Å²) in [6.07, 6.45) is -4.93.